The molecule has 7 aromatic rings. The summed E-state index contributed by atoms with van der Waals surface area (Å²) in [6.45, 7) is 2.14. The monoisotopic (exact) mass is 1050 g/mol. The number of aromatic amines is 1. The fourth-order valence-corrected chi connectivity index (χ4v) is 9.98. The third kappa shape index (κ3) is 12.3. The number of aromatic nitrogens is 4. The first-order chi connectivity index (χ1) is 33.9. The van der Waals surface area contributed by atoms with Crippen molar-refractivity contribution in [2.24, 2.45) is 0 Å². The van der Waals surface area contributed by atoms with Crippen molar-refractivity contribution >= 4 is 22.7 Å². The summed E-state index contributed by atoms with van der Waals surface area (Å²) in [6.07, 6.45) is -19.4. The first kappa shape index (κ1) is 52.0. The Labute approximate surface area is 409 Å². The van der Waals surface area contributed by atoms with Crippen LogP contribution in [0.2, 0.25) is 0 Å². The van der Waals surface area contributed by atoms with Gasteiger partial charge in [-0.2, -0.15) is 57.9 Å². The fraction of sp³-hybridized carbons (Fsp3) is 0.327. The van der Waals surface area contributed by atoms with Crippen molar-refractivity contribution in [1.82, 2.24) is 20.1 Å². The number of benzene rings is 4. The van der Waals surface area contributed by atoms with E-state index in [0.29, 0.717) is 22.3 Å². The van der Waals surface area contributed by atoms with Gasteiger partial charge in [-0.3, -0.25) is 9.51 Å². The summed E-state index contributed by atoms with van der Waals surface area (Å²) in [5.41, 5.74) is 2.85. The van der Waals surface area contributed by atoms with Crippen molar-refractivity contribution < 1.29 is 66.7 Å². The Bertz CT molecular complexity index is 3140. The van der Waals surface area contributed by atoms with E-state index in [9.17, 15) is 62.7 Å². The highest BCUT2D eigenvalue weighted by molar-refractivity contribution is 7.15. The Kier molecular flexibility index (Phi) is 14.6. The molecule has 0 radical (unpaired) electrons. The van der Waals surface area contributed by atoms with Crippen molar-refractivity contribution in [2.75, 3.05) is 0 Å². The van der Waals surface area contributed by atoms with E-state index >= 15 is 0 Å². The molecule has 3 aromatic heterocycles. The van der Waals surface area contributed by atoms with Crippen LogP contribution in [0, 0.1) is 25.2 Å². The van der Waals surface area contributed by atoms with Gasteiger partial charge in [0.25, 0.3) is 0 Å². The Morgan fingerprint density at radius 2 is 1.08 bits per heavy atom. The lowest BCUT2D eigenvalue weighted by molar-refractivity contribution is -0.226. The van der Waals surface area contributed by atoms with Crippen LogP contribution in [-0.2, 0) is 35.0 Å². The molecule has 2 unspecified atom stereocenters. The second kappa shape index (κ2) is 20.3. The zero-order chi connectivity index (χ0) is 51.9. The number of hydrogen-bond donors (Lipinski definition) is 1. The van der Waals surface area contributed by atoms with Gasteiger partial charge in [0, 0.05) is 16.7 Å². The van der Waals surface area contributed by atoms with Crippen molar-refractivity contribution in [3.8, 4) is 38.6 Å². The van der Waals surface area contributed by atoms with Crippen LogP contribution in [0.3, 0.4) is 0 Å². The number of rotatable bonds is 13. The lowest BCUT2D eigenvalue weighted by Crippen LogP contribution is -2.23. The van der Waals surface area contributed by atoms with Gasteiger partial charge in [0.15, 0.2) is 18.0 Å². The second-order valence-corrected chi connectivity index (χ2v) is 19.1. The lowest BCUT2D eigenvalue weighted by Gasteiger charge is -2.20. The summed E-state index contributed by atoms with van der Waals surface area (Å²) in [4.78, 5) is 21.8. The highest BCUT2D eigenvalue weighted by Crippen LogP contribution is 2.47. The van der Waals surface area contributed by atoms with E-state index in [0.717, 1.165) is 83.7 Å². The Hall–Kier alpha value is -6.35. The van der Waals surface area contributed by atoms with Crippen molar-refractivity contribution in [3.63, 3.8) is 0 Å². The van der Waals surface area contributed by atoms with Crippen LogP contribution < -0.4 is 5.76 Å². The molecule has 0 bridgehead atoms. The van der Waals surface area contributed by atoms with E-state index in [4.69, 9.17) is 9.47 Å². The summed E-state index contributed by atoms with van der Waals surface area (Å²) in [6, 6.07) is 20.2. The highest BCUT2D eigenvalue weighted by atomic mass is 32.1. The molecule has 9 rings (SSSR count). The number of halogens is 12. The SMILES string of the molecule is Cc1nc(-c2ccc(C(F)(F)F)cc2)sc1C(OCc1ccc(-c2noc(=O)[nH]2)c(C2CC2)c1)C(F)(F)F.Cc1nc(-c2ccc(C(F)(F)F)cc2)sc1C(OCc1ccc(C#N)c(C2CC2)c1)C(F)(F)F. The molecule has 72 heavy (non-hydrogen) atoms. The first-order valence-electron chi connectivity index (χ1n) is 21.8. The van der Waals surface area contributed by atoms with E-state index in [-0.39, 0.29) is 73.2 Å². The zero-order valence-electron chi connectivity index (χ0n) is 37.4. The molecule has 3 heterocycles. The molecule has 2 fully saturated rings. The summed E-state index contributed by atoms with van der Waals surface area (Å²) in [7, 11) is 0. The third-order valence-electron chi connectivity index (χ3n) is 11.6. The van der Waals surface area contributed by atoms with Gasteiger partial charge in [-0.25, -0.2) is 14.8 Å². The van der Waals surface area contributed by atoms with Gasteiger partial charge in [-0.1, -0.05) is 59.8 Å². The minimum absolute atomic E-state index is 0.0798. The van der Waals surface area contributed by atoms with Crippen LogP contribution in [0.4, 0.5) is 52.7 Å². The van der Waals surface area contributed by atoms with Crippen LogP contribution in [0.1, 0.15) is 110 Å². The normalized spacial score (nSPS) is 15.2. The number of H-pyrrole nitrogens is 1. The number of nitriles is 1. The number of aryl methyl sites for hydroxylation is 2. The summed E-state index contributed by atoms with van der Waals surface area (Å²) in [5.74, 6) is -0.0203. The van der Waals surface area contributed by atoms with Gasteiger partial charge in [0.2, 0.25) is 0 Å². The van der Waals surface area contributed by atoms with E-state index in [1.54, 1.807) is 36.4 Å². The Balaban J connectivity index is 0.000000194. The predicted octanol–water partition coefficient (Wildman–Crippen LogP) is 14.9. The van der Waals surface area contributed by atoms with Gasteiger partial charge >= 0.3 is 30.5 Å². The zero-order valence-corrected chi connectivity index (χ0v) is 39.0. The number of nitrogens with zero attached hydrogens (tertiary/aromatic N) is 4. The first-order valence-corrected chi connectivity index (χ1v) is 23.4. The van der Waals surface area contributed by atoms with Gasteiger partial charge in [0.1, 0.15) is 10.0 Å². The van der Waals surface area contributed by atoms with Crippen molar-refractivity contribution in [3.05, 3.63) is 156 Å². The van der Waals surface area contributed by atoms with Crippen LogP contribution in [0.25, 0.3) is 32.5 Å². The van der Waals surface area contributed by atoms with Gasteiger partial charge < -0.3 is 9.47 Å². The highest BCUT2D eigenvalue weighted by Gasteiger charge is 2.46. The molecule has 9 nitrogen and oxygen atoms in total. The molecule has 1 N–H and O–H groups in total. The number of hydrogen-bond acceptors (Lipinski definition) is 10. The molecular weight excluding hydrogens is 1010 g/mol. The summed E-state index contributed by atoms with van der Waals surface area (Å²) < 4.78 is 176. The topological polar surface area (TPSA) is 127 Å². The fourth-order valence-electron chi connectivity index (χ4n) is 7.68. The third-order valence-corrected chi connectivity index (χ3v) is 14.1. The van der Waals surface area contributed by atoms with E-state index in [1.165, 1.54) is 38.1 Å². The van der Waals surface area contributed by atoms with E-state index in [1.807, 2.05) is 0 Å². The smallest absolute Gasteiger partial charge is 0.358 e. The minimum Gasteiger partial charge on any atom is -0.358 e. The van der Waals surface area contributed by atoms with Crippen molar-refractivity contribution in [1.29, 1.82) is 5.26 Å². The largest absolute Gasteiger partial charge is 0.439 e. The molecule has 0 aliphatic heterocycles. The number of thiazole rings is 2. The van der Waals surface area contributed by atoms with Crippen LogP contribution >= 0.6 is 22.7 Å². The minimum atomic E-state index is -4.76. The molecule has 2 atom stereocenters. The van der Waals surface area contributed by atoms with Crippen LogP contribution in [0.5, 0.6) is 0 Å². The van der Waals surface area contributed by atoms with E-state index in [2.05, 4.69) is 30.7 Å². The molecule has 23 heteroatoms. The number of ether oxygens (including phenoxy) is 2. The second-order valence-electron chi connectivity index (χ2n) is 17.0. The molecular formula is C49H37F12N5O4S2. The molecule has 0 spiro atoms. The quantitative estimate of drug-likeness (QED) is 0.113. The number of alkyl halides is 12. The maximum atomic E-state index is 14.1. The van der Waals surface area contributed by atoms with Gasteiger partial charge in [-0.05, 0) is 104 Å². The predicted molar refractivity (Wildman–Crippen MR) is 239 cm³/mol. The van der Waals surface area contributed by atoms with Crippen molar-refractivity contribution in [2.45, 2.75) is 101 Å². The average molecular weight is 1050 g/mol. The maximum absolute atomic E-state index is 14.1. The molecule has 378 valence electrons. The maximum Gasteiger partial charge on any atom is 0.439 e. The molecule has 2 aliphatic carbocycles. The van der Waals surface area contributed by atoms with Crippen LogP contribution in [-0.4, -0.2) is 32.5 Å². The molecule has 2 saturated carbocycles. The average Bonchev–Trinajstić information content (AvgIpc) is 4.24. The molecule has 2 aliphatic rings. The summed E-state index contributed by atoms with van der Waals surface area (Å²) in [5, 5.41) is 13.3. The Morgan fingerprint density at radius 1 is 0.653 bits per heavy atom. The van der Waals surface area contributed by atoms with Crippen LogP contribution in [0.15, 0.2) is 94.2 Å². The standard InChI is InChI=1S/C25H19F6N3O3S.C24H18F6N2OS/c1-12-19(38-22(32-12)15-5-7-16(8-6-15)24(26,27)28)20(25(29,30)31)36-11-13-2-9-17(18(10-13)14-3-4-14)21-33-23(35)37-34-21;1-13-20(34-22(32-13)16-6-8-18(9-7-16)23(25,26)27)21(24(28,29)30)33-12-14-2-3-17(11-31)19(10-14)15-4-5-15/h2,5-10,14,20H,3-4,11H2,1H3,(H,33,34,35);2-3,6-10,15,21H,4-5,12H2,1H3. The van der Waals surface area contributed by atoms with E-state index < -0.39 is 53.8 Å². The molecule has 4 aromatic carbocycles. The summed E-state index contributed by atoms with van der Waals surface area (Å²) >= 11 is 1.47. The molecule has 0 amide bonds. The number of nitrogens with one attached hydrogen (secondary N) is 1. The molecule has 0 saturated heterocycles. The Morgan fingerprint density at radius 3 is 1.47 bits per heavy atom. The van der Waals surface area contributed by atoms with Gasteiger partial charge in [0.05, 0.1) is 57.1 Å². The van der Waals surface area contributed by atoms with Gasteiger partial charge in [-0.15, -0.1) is 22.7 Å². The lowest BCUT2D eigenvalue weighted by atomic mass is 10.00.